The predicted octanol–water partition coefficient (Wildman–Crippen LogP) is 2.15. The summed E-state index contributed by atoms with van der Waals surface area (Å²) in [6, 6.07) is 7.17. The number of hydrogen-bond donors (Lipinski definition) is 3. The number of nitrogen functional groups attached to an aromatic ring is 2. The Morgan fingerprint density at radius 2 is 2.00 bits per heavy atom. The maximum absolute atomic E-state index is 10.6. The zero-order valence-corrected chi connectivity index (χ0v) is 14.5. The van der Waals surface area contributed by atoms with Crippen molar-refractivity contribution in [1.29, 1.82) is 0 Å². The van der Waals surface area contributed by atoms with E-state index in [0.29, 0.717) is 43.2 Å². The quantitative estimate of drug-likeness (QED) is 0.458. The van der Waals surface area contributed by atoms with Crippen LogP contribution in [0.2, 0.25) is 0 Å². The van der Waals surface area contributed by atoms with Crippen LogP contribution in [-0.4, -0.2) is 34.3 Å². The molecule has 0 unspecified atom stereocenters. The van der Waals surface area contributed by atoms with Gasteiger partial charge in [-0.25, -0.2) is 9.78 Å². The van der Waals surface area contributed by atoms with E-state index >= 15 is 0 Å². The van der Waals surface area contributed by atoms with Gasteiger partial charge in [0.15, 0.2) is 11.6 Å². The monoisotopic (exact) mass is 358 g/mol. The van der Waals surface area contributed by atoms with E-state index in [0.717, 1.165) is 11.6 Å². The summed E-state index contributed by atoms with van der Waals surface area (Å²) in [4.78, 5) is 18.6. The van der Waals surface area contributed by atoms with Gasteiger partial charge in [-0.15, -0.1) is 0 Å². The summed E-state index contributed by atoms with van der Waals surface area (Å²) in [6.45, 7) is 2.76. The van der Waals surface area contributed by atoms with Crippen LogP contribution >= 0.6 is 0 Å². The molecule has 0 amide bonds. The van der Waals surface area contributed by atoms with Gasteiger partial charge < -0.3 is 26.0 Å². The van der Waals surface area contributed by atoms with Crippen LogP contribution in [-0.2, 0) is 11.2 Å². The Balaban J connectivity index is 1.83. The van der Waals surface area contributed by atoms with Crippen molar-refractivity contribution < 1.29 is 19.4 Å². The first-order chi connectivity index (χ1) is 12.5. The van der Waals surface area contributed by atoms with E-state index in [9.17, 15) is 4.79 Å². The fourth-order valence-electron chi connectivity index (χ4n) is 2.23. The van der Waals surface area contributed by atoms with Crippen molar-refractivity contribution >= 4 is 23.8 Å². The van der Waals surface area contributed by atoms with Crippen LogP contribution in [0.4, 0.5) is 11.8 Å². The van der Waals surface area contributed by atoms with E-state index in [1.807, 2.05) is 6.92 Å². The Morgan fingerprint density at radius 3 is 2.73 bits per heavy atom. The van der Waals surface area contributed by atoms with Gasteiger partial charge in [0.1, 0.15) is 5.75 Å². The maximum Gasteiger partial charge on any atom is 0.328 e. The highest BCUT2D eigenvalue weighted by Gasteiger charge is 2.11. The number of carboxylic acids is 1. The topological polar surface area (TPSA) is 134 Å². The van der Waals surface area contributed by atoms with Gasteiger partial charge >= 0.3 is 5.97 Å². The maximum atomic E-state index is 10.6. The molecule has 0 fully saturated rings. The number of hydrogen-bond acceptors (Lipinski definition) is 7. The first-order valence-electron chi connectivity index (χ1n) is 8.18. The largest absolute Gasteiger partial charge is 0.493 e. The molecular weight excluding hydrogens is 336 g/mol. The summed E-state index contributed by atoms with van der Waals surface area (Å²) in [5.74, 6) is 0.482. The van der Waals surface area contributed by atoms with Crippen LogP contribution in [0.15, 0.2) is 30.3 Å². The molecule has 0 atom stereocenters. The van der Waals surface area contributed by atoms with Gasteiger partial charge in [-0.05, 0) is 30.2 Å². The van der Waals surface area contributed by atoms with Crippen molar-refractivity contribution in [2.45, 2.75) is 19.8 Å². The van der Waals surface area contributed by atoms with Gasteiger partial charge in [-0.2, -0.15) is 4.98 Å². The van der Waals surface area contributed by atoms with Gasteiger partial charge in [0.2, 0.25) is 5.95 Å². The third kappa shape index (κ3) is 5.66. The molecule has 2 aromatic rings. The first-order valence-corrected chi connectivity index (χ1v) is 8.18. The second kappa shape index (κ2) is 9.26. The third-order valence-electron chi connectivity index (χ3n) is 3.39. The molecule has 8 heteroatoms. The smallest absolute Gasteiger partial charge is 0.328 e. The normalized spacial score (nSPS) is 10.8. The van der Waals surface area contributed by atoms with Crippen LogP contribution in [0.3, 0.4) is 0 Å². The molecule has 0 bridgehead atoms. The molecule has 0 aliphatic heterocycles. The van der Waals surface area contributed by atoms with E-state index in [1.54, 1.807) is 24.3 Å². The lowest BCUT2D eigenvalue weighted by Crippen LogP contribution is -2.11. The van der Waals surface area contributed by atoms with E-state index in [4.69, 9.17) is 26.0 Å². The number of nitrogens with two attached hydrogens (primary N) is 2. The third-order valence-corrected chi connectivity index (χ3v) is 3.39. The van der Waals surface area contributed by atoms with E-state index in [2.05, 4.69) is 9.97 Å². The average Bonchev–Trinajstić information content (AvgIpc) is 2.61. The highest BCUT2D eigenvalue weighted by Crippen LogP contribution is 2.24. The molecule has 26 heavy (non-hydrogen) atoms. The van der Waals surface area contributed by atoms with Gasteiger partial charge in [-0.3, -0.25) is 0 Å². The SMILES string of the molecule is CCc1nc(N)nc(N)c1OCCCOc1cccc(/C=C/C(=O)O)c1. The van der Waals surface area contributed by atoms with Crippen molar-refractivity contribution in [3.8, 4) is 11.5 Å². The molecule has 5 N–H and O–H groups in total. The van der Waals surface area contributed by atoms with Gasteiger partial charge in [0.05, 0.1) is 18.9 Å². The van der Waals surface area contributed by atoms with Crippen LogP contribution in [0.5, 0.6) is 11.5 Å². The lowest BCUT2D eigenvalue weighted by Gasteiger charge is -2.12. The summed E-state index contributed by atoms with van der Waals surface area (Å²) in [5.41, 5.74) is 12.8. The number of carbonyl (C=O) groups is 1. The minimum Gasteiger partial charge on any atom is -0.493 e. The summed E-state index contributed by atoms with van der Waals surface area (Å²) < 4.78 is 11.3. The van der Waals surface area contributed by atoms with Gasteiger partial charge in [-0.1, -0.05) is 19.1 Å². The van der Waals surface area contributed by atoms with Crippen LogP contribution < -0.4 is 20.9 Å². The number of aromatic nitrogens is 2. The number of aryl methyl sites for hydroxylation is 1. The van der Waals surface area contributed by atoms with Crippen LogP contribution in [0.25, 0.3) is 6.08 Å². The highest BCUT2D eigenvalue weighted by atomic mass is 16.5. The summed E-state index contributed by atoms with van der Waals surface area (Å²) >= 11 is 0. The van der Waals surface area contributed by atoms with Crippen molar-refractivity contribution in [1.82, 2.24) is 9.97 Å². The number of nitrogens with zero attached hydrogens (tertiary/aromatic N) is 2. The number of ether oxygens (including phenoxy) is 2. The molecule has 0 aliphatic carbocycles. The van der Waals surface area contributed by atoms with Crippen LogP contribution in [0, 0.1) is 0 Å². The van der Waals surface area contributed by atoms with Gasteiger partial charge in [0.25, 0.3) is 0 Å². The number of rotatable bonds is 9. The second-order valence-corrected chi connectivity index (χ2v) is 5.39. The van der Waals surface area contributed by atoms with E-state index in [1.165, 1.54) is 6.08 Å². The van der Waals surface area contributed by atoms with Gasteiger partial charge in [0, 0.05) is 12.5 Å². The molecule has 0 radical (unpaired) electrons. The Labute approximate surface area is 151 Å². The molecule has 0 saturated heterocycles. The fraction of sp³-hybridized carbons (Fsp3) is 0.278. The molecule has 1 heterocycles. The van der Waals surface area contributed by atoms with Crippen molar-refractivity contribution in [2.75, 3.05) is 24.7 Å². The minimum absolute atomic E-state index is 0.131. The number of anilines is 2. The van der Waals surface area contributed by atoms with E-state index < -0.39 is 5.97 Å². The Kier molecular flexibility index (Phi) is 6.78. The van der Waals surface area contributed by atoms with E-state index in [-0.39, 0.29) is 11.8 Å². The molecule has 0 saturated carbocycles. The lowest BCUT2D eigenvalue weighted by molar-refractivity contribution is -0.131. The van der Waals surface area contributed by atoms with Crippen molar-refractivity contribution in [3.05, 3.63) is 41.6 Å². The molecule has 8 nitrogen and oxygen atoms in total. The fourth-order valence-corrected chi connectivity index (χ4v) is 2.23. The molecule has 1 aromatic carbocycles. The molecular formula is C18H22N4O4. The standard InChI is InChI=1S/C18H22N4O4/c1-2-14-16(17(19)22-18(20)21-14)26-10-4-9-25-13-6-3-5-12(11-13)7-8-15(23)24/h3,5-8,11H,2,4,9-10H2,1H3,(H,23,24)(H4,19,20,21,22)/b8-7+. The molecule has 1 aromatic heterocycles. The highest BCUT2D eigenvalue weighted by molar-refractivity contribution is 5.85. The molecule has 0 spiro atoms. The number of carboxylic acid groups (broad SMARTS) is 1. The zero-order valence-electron chi connectivity index (χ0n) is 14.5. The van der Waals surface area contributed by atoms with Crippen molar-refractivity contribution in [3.63, 3.8) is 0 Å². The minimum atomic E-state index is -0.995. The number of benzene rings is 1. The average molecular weight is 358 g/mol. The lowest BCUT2D eigenvalue weighted by atomic mass is 10.2. The Morgan fingerprint density at radius 1 is 1.23 bits per heavy atom. The Hall–Kier alpha value is -3.29. The summed E-state index contributed by atoms with van der Waals surface area (Å²) in [5, 5.41) is 8.65. The first kappa shape index (κ1) is 19.0. The molecule has 2 rings (SSSR count). The summed E-state index contributed by atoms with van der Waals surface area (Å²) in [6.07, 6.45) is 3.85. The van der Waals surface area contributed by atoms with Crippen LogP contribution in [0.1, 0.15) is 24.6 Å². The molecule has 0 aliphatic rings. The zero-order chi connectivity index (χ0) is 18.9. The summed E-state index contributed by atoms with van der Waals surface area (Å²) in [7, 11) is 0. The predicted molar refractivity (Wildman–Crippen MR) is 99.0 cm³/mol. The Bertz CT molecular complexity index is 793. The van der Waals surface area contributed by atoms with Crippen molar-refractivity contribution in [2.24, 2.45) is 0 Å². The second-order valence-electron chi connectivity index (χ2n) is 5.39. The molecule has 138 valence electrons. The number of aliphatic carboxylic acids is 1.